The summed E-state index contributed by atoms with van der Waals surface area (Å²) in [7, 11) is 0. The largest absolute Gasteiger partial charge is 0.493 e. The molecule has 0 spiro atoms. The lowest BCUT2D eigenvalue weighted by molar-refractivity contribution is 0.215. The Morgan fingerprint density at radius 1 is 1.29 bits per heavy atom. The van der Waals surface area contributed by atoms with E-state index in [4.69, 9.17) is 10.5 Å². The van der Waals surface area contributed by atoms with Crippen LogP contribution in [0, 0.1) is 0 Å². The molecule has 0 bridgehead atoms. The molecule has 17 heavy (non-hydrogen) atoms. The number of thiophene rings is 1. The molecule has 88 valence electrons. The molecule has 2 nitrogen and oxygen atoms in total. The van der Waals surface area contributed by atoms with Gasteiger partial charge < -0.3 is 10.5 Å². The van der Waals surface area contributed by atoms with Gasteiger partial charge in [0.05, 0.1) is 12.1 Å². The molecule has 2 heterocycles. The van der Waals surface area contributed by atoms with E-state index in [1.54, 1.807) is 11.3 Å². The van der Waals surface area contributed by atoms with E-state index in [0.29, 0.717) is 6.61 Å². The Kier molecular flexibility index (Phi) is 2.65. The monoisotopic (exact) mass is 245 g/mol. The number of para-hydroxylation sites is 1. The third kappa shape index (κ3) is 1.96. The average molecular weight is 245 g/mol. The van der Waals surface area contributed by atoms with Gasteiger partial charge >= 0.3 is 0 Å². The van der Waals surface area contributed by atoms with Crippen molar-refractivity contribution in [3.8, 4) is 5.75 Å². The minimum absolute atomic E-state index is 0.282. The van der Waals surface area contributed by atoms with Crippen molar-refractivity contribution in [1.29, 1.82) is 0 Å². The molecule has 2 aromatic rings. The van der Waals surface area contributed by atoms with Gasteiger partial charge in [-0.3, -0.25) is 0 Å². The second-order valence-electron chi connectivity index (χ2n) is 4.56. The van der Waals surface area contributed by atoms with Gasteiger partial charge in [-0.2, -0.15) is 11.3 Å². The van der Waals surface area contributed by atoms with Crippen LogP contribution in [0.4, 0.5) is 0 Å². The molecule has 1 aliphatic heterocycles. The number of benzene rings is 1. The summed E-state index contributed by atoms with van der Waals surface area (Å²) in [5.74, 6) is 0.941. The zero-order valence-electron chi connectivity index (χ0n) is 9.56. The first kappa shape index (κ1) is 10.8. The maximum atomic E-state index is 6.59. The number of hydrogen-bond acceptors (Lipinski definition) is 3. The fourth-order valence-corrected chi connectivity index (χ4v) is 3.09. The van der Waals surface area contributed by atoms with Crippen LogP contribution >= 0.6 is 11.3 Å². The van der Waals surface area contributed by atoms with Crippen molar-refractivity contribution in [2.75, 3.05) is 6.61 Å². The SMILES string of the molecule is NC1(Cc2ccsc2)CCOc2ccccc21. The summed E-state index contributed by atoms with van der Waals surface area (Å²) in [5, 5.41) is 4.27. The molecule has 0 saturated heterocycles. The number of ether oxygens (including phenoxy) is 1. The van der Waals surface area contributed by atoms with Crippen LogP contribution in [0.2, 0.25) is 0 Å². The van der Waals surface area contributed by atoms with Gasteiger partial charge in [0.25, 0.3) is 0 Å². The van der Waals surface area contributed by atoms with Gasteiger partial charge in [0.1, 0.15) is 5.75 Å². The predicted molar refractivity (Wildman–Crippen MR) is 70.4 cm³/mol. The van der Waals surface area contributed by atoms with E-state index < -0.39 is 0 Å². The van der Waals surface area contributed by atoms with Gasteiger partial charge in [-0.05, 0) is 34.9 Å². The highest BCUT2D eigenvalue weighted by atomic mass is 32.1. The zero-order valence-corrected chi connectivity index (χ0v) is 10.4. The third-order valence-electron chi connectivity index (χ3n) is 3.33. The Hall–Kier alpha value is -1.32. The van der Waals surface area contributed by atoms with Crippen LogP contribution in [0.1, 0.15) is 17.5 Å². The van der Waals surface area contributed by atoms with Crippen LogP contribution in [0.3, 0.4) is 0 Å². The minimum atomic E-state index is -0.282. The Balaban J connectivity index is 1.98. The van der Waals surface area contributed by atoms with Gasteiger partial charge in [-0.15, -0.1) is 0 Å². The zero-order chi connectivity index (χ0) is 11.7. The molecule has 0 fully saturated rings. The topological polar surface area (TPSA) is 35.2 Å². The molecule has 1 aromatic heterocycles. The standard InChI is InChI=1S/C14H15NOS/c15-14(9-11-5-8-17-10-11)6-7-16-13-4-2-1-3-12(13)14/h1-5,8,10H,6-7,9,15H2. The summed E-state index contributed by atoms with van der Waals surface area (Å²) < 4.78 is 5.66. The molecule has 0 radical (unpaired) electrons. The summed E-state index contributed by atoms with van der Waals surface area (Å²) in [6.45, 7) is 0.706. The van der Waals surface area contributed by atoms with E-state index in [1.165, 1.54) is 5.56 Å². The van der Waals surface area contributed by atoms with E-state index in [1.807, 2.05) is 18.2 Å². The molecule has 1 unspecified atom stereocenters. The van der Waals surface area contributed by atoms with Gasteiger partial charge in [0, 0.05) is 12.0 Å². The summed E-state index contributed by atoms with van der Waals surface area (Å²) in [5.41, 5.74) is 8.76. The van der Waals surface area contributed by atoms with Gasteiger partial charge in [-0.1, -0.05) is 18.2 Å². The third-order valence-corrected chi connectivity index (χ3v) is 4.06. The summed E-state index contributed by atoms with van der Waals surface area (Å²) in [6, 6.07) is 10.3. The average Bonchev–Trinajstić information content (AvgIpc) is 2.82. The van der Waals surface area contributed by atoms with Crippen LogP contribution in [-0.4, -0.2) is 6.61 Å². The first-order chi connectivity index (χ1) is 8.28. The quantitative estimate of drug-likeness (QED) is 0.883. The van der Waals surface area contributed by atoms with E-state index in [9.17, 15) is 0 Å². The van der Waals surface area contributed by atoms with E-state index >= 15 is 0 Å². The molecule has 2 N–H and O–H groups in total. The highest BCUT2D eigenvalue weighted by Crippen LogP contribution is 2.37. The molecule has 1 aromatic carbocycles. The van der Waals surface area contributed by atoms with Gasteiger partial charge in [0.2, 0.25) is 0 Å². The Bertz CT molecular complexity index is 509. The molecular formula is C14H15NOS. The van der Waals surface area contributed by atoms with Crippen molar-refractivity contribution in [1.82, 2.24) is 0 Å². The second-order valence-corrected chi connectivity index (χ2v) is 5.34. The molecule has 1 atom stereocenters. The molecule has 0 saturated carbocycles. The molecule has 3 heteroatoms. The molecule has 0 aliphatic carbocycles. The van der Waals surface area contributed by atoms with E-state index in [2.05, 4.69) is 22.9 Å². The second kappa shape index (κ2) is 4.17. The van der Waals surface area contributed by atoms with Crippen LogP contribution in [0.25, 0.3) is 0 Å². The summed E-state index contributed by atoms with van der Waals surface area (Å²) in [6.07, 6.45) is 1.76. The van der Waals surface area contributed by atoms with E-state index in [0.717, 1.165) is 24.2 Å². The van der Waals surface area contributed by atoms with Crippen LogP contribution in [-0.2, 0) is 12.0 Å². The molecular weight excluding hydrogens is 230 g/mol. The van der Waals surface area contributed by atoms with Crippen molar-refractivity contribution in [2.24, 2.45) is 5.73 Å². The predicted octanol–water partition coefficient (Wildman–Crippen LogP) is 2.93. The lowest BCUT2D eigenvalue weighted by Crippen LogP contribution is -2.43. The van der Waals surface area contributed by atoms with Crippen LogP contribution in [0.15, 0.2) is 41.1 Å². The van der Waals surface area contributed by atoms with Crippen molar-refractivity contribution >= 4 is 11.3 Å². The van der Waals surface area contributed by atoms with Crippen LogP contribution in [0.5, 0.6) is 5.75 Å². The lowest BCUT2D eigenvalue weighted by Gasteiger charge is -2.35. The van der Waals surface area contributed by atoms with E-state index in [-0.39, 0.29) is 5.54 Å². The Morgan fingerprint density at radius 2 is 2.18 bits per heavy atom. The lowest BCUT2D eigenvalue weighted by atomic mass is 9.81. The van der Waals surface area contributed by atoms with Gasteiger partial charge in [0.15, 0.2) is 0 Å². The first-order valence-corrected chi connectivity index (χ1v) is 6.74. The smallest absolute Gasteiger partial charge is 0.124 e. The maximum Gasteiger partial charge on any atom is 0.124 e. The molecule has 3 rings (SSSR count). The molecule has 0 amide bonds. The van der Waals surface area contributed by atoms with Crippen molar-refractivity contribution in [3.63, 3.8) is 0 Å². The van der Waals surface area contributed by atoms with Gasteiger partial charge in [-0.25, -0.2) is 0 Å². The Labute approximate surface area is 105 Å². The fraction of sp³-hybridized carbons (Fsp3) is 0.286. The molecule has 1 aliphatic rings. The van der Waals surface area contributed by atoms with Crippen molar-refractivity contribution < 1.29 is 4.74 Å². The number of hydrogen-bond donors (Lipinski definition) is 1. The normalized spacial score (nSPS) is 22.9. The number of fused-ring (bicyclic) bond motifs is 1. The highest BCUT2D eigenvalue weighted by Gasteiger charge is 2.33. The maximum absolute atomic E-state index is 6.59. The summed E-state index contributed by atoms with van der Waals surface area (Å²) >= 11 is 1.72. The van der Waals surface area contributed by atoms with Crippen molar-refractivity contribution in [3.05, 3.63) is 52.2 Å². The van der Waals surface area contributed by atoms with Crippen molar-refractivity contribution in [2.45, 2.75) is 18.4 Å². The summed E-state index contributed by atoms with van der Waals surface area (Å²) in [4.78, 5) is 0. The number of nitrogens with two attached hydrogens (primary N) is 1. The first-order valence-electron chi connectivity index (χ1n) is 5.80. The van der Waals surface area contributed by atoms with Crippen LogP contribution < -0.4 is 10.5 Å². The number of rotatable bonds is 2. The minimum Gasteiger partial charge on any atom is -0.493 e. The highest BCUT2D eigenvalue weighted by molar-refractivity contribution is 7.07. The fourth-order valence-electron chi connectivity index (χ4n) is 2.42. The Morgan fingerprint density at radius 3 is 3.00 bits per heavy atom.